The SMILES string of the molecule is CCNC(Cc1nc(C(C)(C)C)cs1)C1(CC)CCCC1. The molecule has 0 aliphatic heterocycles. The number of hydrogen-bond acceptors (Lipinski definition) is 3. The van der Waals surface area contributed by atoms with Gasteiger partial charge in [-0.2, -0.15) is 0 Å². The van der Waals surface area contributed by atoms with Crippen molar-refractivity contribution in [3.63, 3.8) is 0 Å². The minimum Gasteiger partial charge on any atom is -0.313 e. The van der Waals surface area contributed by atoms with E-state index in [1.807, 2.05) is 11.3 Å². The zero-order valence-corrected chi connectivity index (χ0v) is 15.3. The summed E-state index contributed by atoms with van der Waals surface area (Å²) < 4.78 is 0. The van der Waals surface area contributed by atoms with Crippen LogP contribution in [0.1, 0.15) is 77.4 Å². The molecule has 0 saturated heterocycles. The molecule has 1 aliphatic carbocycles. The Bertz CT molecular complexity index is 438. The van der Waals surface area contributed by atoms with E-state index in [2.05, 4.69) is 45.3 Å². The van der Waals surface area contributed by atoms with Gasteiger partial charge in [0.1, 0.15) is 0 Å². The first kappa shape index (κ1) is 17.0. The quantitative estimate of drug-likeness (QED) is 0.806. The van der Waals surface area contributed by atoms with E-state index in [0.717, 1.165) is 13.0 Å². The average Bonchev–Trinajstić information content (AvgIpc) is 3.07. The van der Waals surface area contributed by atoms with Crippen molar-refractivity contribution in [3.05, 3.63) is 16.1 Å². The molecule has 0 spiro atoms. The number of thiazole rings is 1. The molecule has 1 unspecified atom stereocenters. The van der Waals surface area contributed by atoms with E-state index in [1.165, 1.54) is 42.8 Å². The molecule has 2 rings (SSSR count). The van der Waals surface area contributed by atoms with Gasteiger partial charge < -0.3 is 5.32 Å². The molecule has 1 aliphatic rings. The highest BCUT2D eigenvalue weighted by Crippen LogP contribution is 2.45. The van der Waals surface area contributed by atoms with Crippen molar-refractivity contribution in [2.75, 3.05) is 6.54 Å². The lowest BCUT2D eigenvalue weighted by Gasteiger charge is -2.37. The third kappa shape index (κ3) is 3.87. The molecule has 1 fully saturated rings. The van der Waals surface area contributed by atoms with Crippen molar-refractivity contribution < 1.29 is 0 Å². The topological polar surface area (TPSA) is 24.9 Å². The predicted octanol–water partition coefficient (Wildman–Crippen LogP) is 4.93. The third-order valence-corrected chi connectivity index (χ3v) is 6.06. The van der Waals surface area contributed by atoms with Gasteiger partial charge in [0.25, 0.3) is 0 Å². The Kier molecular flexibility index (Phi) is 5.48. The zero-order valence-electron chi connectivity index (χ0n) is 14.5. The second kappa shape index (κ2) is 6.78. The molecule has 1 atom stereocenters. The number of likely N-dealkylation sites (N-methyl/N-ethyl adjacent to an activating group) is 1. The first-order chi connectivity index (χ1) is 9.91. The van der Waals surface area contributed by atoms with Crippen LogP contribution in [-0.4, -0.2) is 17.6 Å². The Morgan fingerprint density at radius 1 is 1.29 bits per heavy atom. The van der Waals surface area contributed by atoms with Crippen LogP contribution in [0.25, 0.3) is 0 Å². The smallest absolute Gasteiger partial charge is 0.0944 e. The van der Waals surface area contributed by atoms with Crippen LogP contribution >= 0.6 is 11.3 Å². The normalized spacial score (nSPS) is 19.9. The zero-order chi connectivity index (χ0) is 15.5. The molecule has 0 radical (unpaired) electrons. The van der Waals surface area contributed by atoms with Gasteiger partial charge in [0.15, 0.2) is 0 Å². The highest BCUT2D eigenvalue weighted by Gasteiger charge is 2.39. The number of nitrogens with one attached hydrogen (secondary N) is 1. The second-order valence-electron chi connectivity index (χ2n) is 7.61. The summed E-state index contributed by atoms with van der Waals surface area (Å²) >= 11 is 1.85. The molecule has 1 aromatic heterocycles. The van der Waals surface area contributed by atoms with Crippen LogP contribution in [-0.2, 0) is 11.8 Å². The minimum absolute atomic E-state index is 0.165. The average molecular weight is 309 g/mol. The predicted molar refractivity (Wildman–Crippen MR) is 93.2 cm³/mol. The van der Waals surface area contributed by atoms with Gasteiger partial charge in [-0.1, -0.05) is 47.5 Å². The van der Waals surface area contributed by atoms with Crippen molar-refractivity contribution in [1.82, 2.24) is 10.3 Å². The fraction of sp³-hybridized carbons (Fsp3) is 0.833. The Morgan fingerprint density at radius 3 is 2.43 bits per heavy atom. The van der Waals surface area contributed by atoms with Gasteiger partial charge in [0, 0.05) is 23.3 Å². The van der Waals surface area contributed by atoms with Gasteiger partial charge in [-0.05, 0) is 31.2 Å². The van der Waals surface area contributed by atoms with Crippen LogP contribution in [0.2, 0.25) is 0 Å². The molecule has 1 heterocycles. The fourth-order valence-electron chi connectivity index (χ4n) is 3.70. The van der Waals surface area contributed by atoms with Gasteiger partial charge in [0.2, 0.25) is 0 Å². The van der Waals surface area contributed by atoms with Gasteiger partial charge >= 0.3 is 0 Å². The summed E-state index contributed by atoms with van der Waals surface area (Å²) in [6.07, 6.45) is 7.98. The Hall–Kier alpha value is -0.410. The van der Waals surface area contributed by atoms with Gasteiger partial charge in [-0.3, -0.25) is 0 Å². The Labute approximate surface area is 134 Å². The van der Waals surface area contributed by atoms with E-state index < -0.39 is 0 Å². The summed E-state index contributed by atoms with van der Waals surface area (Å²) in [7, 11) is 0. The monoisotopic (exact) mass is 308 g/mol. The molecule has 2 nitrogen and oxygen atoms in total. The van der Waals surface area contributed by atoms with Crippen LogP contribution in [0.5, 0.6) is 0 Å². The molecule has 120 valence electrons. The number of rotatable bonds is 6. The summed E-state index contributed by atoms with van der Waals surface area (Å²) in [6, 6.07) is 0.592. The summed E-state index contributed by atoms with van der Waals surface area (Å²) in [5.74, 6) is 0. The third-order valence-electron chi connectivity index (χ3n) is 5.19. The summed E-state index contributed by atoms with van der Waals surface area (Å²) in [5.41, 5.74) is 1.91. The van der Waals surface area contributed by atoms with Crippen molar-refractivity contribution in [2.24, 2.45) is 5.41 Å². The van der Waals surface area contributed by atoms with Crippen molar-refractivity contribution in [2.45, 2.75) is 84.6 Å². The molecule has 0 bridgehead atoms. The summed E-state index contributed by atoms with van der Waals surface area (Å²) in [6.45, 7) is 12.4. The second-order valence-corrected chi connectivity index (χ2v) is 8.56. The lowest BCUT2D eigenvalue weighted by Crippen LogP contribution is -2.45. The molecule has 1 saturated carbocycles. The fourth-order valence-corrected chi connectivity index (χ4v) is 4.77. The van der Waals surface area contributed by atoms with Crippen molar-refractivity contribution >= 4 is 11.3 Å². The van der Waals surface area contributed by atoms with E-state index in [4.69, 9.17) is 4.98 Å². The molecular formula is C18H32N2S. The van der Waals surface area contributed by atoms with Crippen LogP contribution in [0.15, 0.2) is 5.38 Å². The van der Waals surface area contributed by atoms with Crippen molar-refractivity contribution in [1.29, 1.82) is 0 Å². The van der Waals surface area contributed by atoms with E-state index in [1.54, 1.807) is 0 Å². The number of hydrogen-bond donors (Lipinski definition) is 1. The van der Waals surface area contributed by atoms with E-state index in [9.17, 15) is 0 Å². The number of aromatic nitrogens is 1. The van der Waals surface area contributed by atoms with Crippen LogP contribution in [0, 0.1) is 5.41 Å². The van der Waals surface area contributed by atoms with Gasteiger partial charge in [-0.25, -0.2) is 4.98 Å². The highest BCUT2D eigenvalue weighted by molar-refractivity contribution is 7.09. The van der Waals surface area contributed by atoms with Crippen LogP contribution in [0.3, 0.4) is 0 Å². The maximum absolute atomic E-state index is 4.92. The molecule has 1 aromatic rings. The molecule has 1 N–H and O–H groups in total. The van der Waals surface area contributed by atoms with E-state index >= 15 is 0 Å². The lowest BCUT2D eigenvalue weighted by molar-refractivity contribution is 0.186. The maximum atomic E-state index is 4.92. The standard InChI is InChI=1S/C18H32N2S/c1-6-18(10-8-9-11-18)14(19-7-2)12-16-20-15(13-21-16)17(3,4)5/h13-14,19H,6-12H2,1-5H3. The molecule has 0 amide bonds. The van der Waals surface area contributed by atoms with Gasteiger partial charge in [0.05, 0.1) is 10.7 Å². The van der Waals surface area contributed by atoms with Crippen molar-refractivity contribution in [3.8, 4) is 0 Å². The number of nitrogens with zero attached hydrogens (tertiary/aromatic N) is 1. The summed E-state index contributed by atoms with van der Waals surface area (Å²) in [5, 5.41) is 7.35. The van der Waals surface area contributed by atoms with E-state index in [0.29, 0.717) is 11.5 Å². The highest BCUT2D eigenvalue weighted by atomic mass is 32.1. The largest absolute Gasteiger partial charge is 0.313 e. The maximum Gasteiger partial charge on any atom is 0.0944 e. The molecule has 21 heavy (non-hydrogen) atoms. The first-order valence-corrected chi connectivity index (χ1v) is 9.47. The first-order valence-electron chi connectivity index (χ1n) is 8.59. The van der Waals surface area contributed by atoms with Gasteiger partial charge in [-0.15, -0.1) is 11.3 Å². The minimum atomic E-state index is 0.165. The summed E-state index contributed by atoms with van der Waals surface area (Å²) in [4.78, 5) is 4.92. The Morgan fingerprint density at radius 2 is 1.95 bits per heavy atom. The Balaban J connectivity index is 2.14. The molecular weight excluding hydrogens is 276 g/mol. The lowest BCUT2D eigenvalue weighted by atomic mass is 9.75. The molecule has 0 aromatic carbocycles. The van der Waals surface area contributed by atoms with Crippen LogP contribution in [0.4, 0.5) is 0 Å². The van der Waals surface area contributed by atoms with Crippen LogP contribution < -0.4 is 5.32 Å². The van der Waals surface area contributed by atoms with E-state index in [-0.39, 0.29) is 5.41 Å². The molecule has 3 heteroatoms.